The number of nitrogens with zero attached hydrogens (tertiary/aromatic N) is 2. The lowest BCUT2D eigenvalue weighted by atomic mass is 10.0. The summed E-state index contributed by atoms with van der Waals surface area (Å²) in [4.78, 5) is 12.1. The van der Waals surface area contributed by atoms with Gasteiger partial charge < -0.3 is 20.1 Å². The summed E-state index contributed by atoms with van der Waals surface area (Å²) in [5.41, 5.74) is 3.66. The third-order valence-corrected chi connectivity index (χ3v) is 4.20. The van der Waals surface area contributed by atoms with Gasteiger partial charge >= 0.3 is 0 Å². The van der Waals surface area contributed by atoms with Crippen LogP contribution in [0.25, 0.3) is 22.2 Å². The van der Waals surface area contributed by atoms with E-state index in [0.717, 1.165) is 33.7 Å². The number of methoxy groups -OCH3 is 1. The highest BCUT2D eigenvalue weighted by molar-refractivity contribution is 5.95. The first-order chi connectivity index (χ1) is 12.7. The average molecular weight is 346 g/mol. The summed E-state index contributed by atoms with van der Waals surface area (Å²) in [5, 5.41) is 14.2. The number of anilines is 1. The molecular formula is C20H18N4O2. The zero-order valence-corrected chi connectivity index (χ0v) is 14.2. The molecule has 0 fully saturated rings. The lowest BCUT2D eigenvalue weighted by Crippen LogP contribution is -2.03. The highest BCUT2D eigenvalue weighted by Crippen LogP contribution is 2.35. The number of phenols is 1. The van der Waals surface area contributed by atoms with Crippen LogP contribution in [-0.2, 0) is 6.54 Å². The molecule has 3 N–H and O–H groups in total. The van der Waals surface area contributed by atoms with Gasteiger partial charge in [-0.3, -0.25) is 4.98 Å². The second-order valence-electron chi connectivity index (χ2n) is 5.86. The number of H-pyrrole nitrogens is 1. The van der Waals surface area contributed by atoms with E-state index in [0.29, 0.717) is 12.3 Å². The molecule has 0 saturated carbocycles. The maximum absolute atomic E-state index is 9.86. The van der Waals surface area contributed by atoms with Crippen LogP contribution in [-0.4, -0.2) is 27.2 Å². The smallest absolute Gasteiger partial charge is 0.161 e. The molecule has 130 valence electrons. The van der Waals surface area contributed by atoms with Gasteiger partial charge in [-0.1, -0.05) is 12.1 Å². The molecule has 0 saturated heterocycles. The number of phenolic OH excluding ortho intramolecular Hbond substituents is 1. The number of aromatic hydroxyl groups is 1. The number of pyridine rings is 2. The largest absolute Gasteiger partial charge is 0.504 e. The molecule has 0 amide bonds. The first-order valence-electron chi connectivity index (χ1n) is 8.24. The third-order valence-electron chi connectivity index (χ3n) is 4.20. The van der Waals surface area contributed by atoms with Crippen LogP contribution in [0.4, 0.5) is 5.82 Å². The Hall–Kier alpha value is -3.54. The van der Waals surface area contributed by atoms with Gasteiger partial charge in [0, 0.05) is 17.8 Å². The predicted octanol–water partition coefficient (Wildman–Crippen LogP) is 3.95. The van der Waals surface area contributed by atoms with E-state index in [2.05, 4.69) is 20.3 Å². The molecule has 0 spiro atoms. The maximum Gasteiger partial charge on any atom is 0.161 e. The number of benzene rings is 1. The second kappa shape index (κ2) is 6.76. The lowest BCUT2D eigenvalue weighted by molar-refractivity contribution is 0.373. The zero-order chi connectivity index (χ0) is 17.9. The number of nitrogens with one attached hydrogen (secondary N) is 2. The molecule has 6 nitrogen and oxygen atoms in total. The summed E-state index contributed by atoms with van der Waals surface area (Å²) < 4.78 is 5.24. The number of fused-ring (bicyclic) bond motifs is 1. The fourth-order valence-electron chi connectivity index (χ4n) is 2.90. The normalized spacial score (nSPS) is 10.8. The molecule has 0 radical (unpaired) electrons. The molecule has 0 aliphatic heterocycles. The second-order valence-corrected chi connectivity index (χ2v) is 5.86. The Kier molecular flexibility index (Phi) is 4.15. The molecular weight excluding hydrogens is 328 g/mol. The molecule has 0 aliphatic carbocycles. The molecule has 4 aromatic rings. The van der Waals surface area contributed by atoms with Crippen LogP contribution in [0, 0.1) is 0 Å². The van der Waals surface area contributed by atoms with Gasteiger partial charge in [-0.05, 0) is 47.5 Å². The number of hydrogen-bond acceptors (Lipinski definition) is 5. The van der Waals surface area contributed by atoms with E-state index in [9.17, 15) is 5.11 Å². The van der Waals surface area contributed by atoms with Gasteiger partial charge in [0.05, 0.1) is 19.3 Å². The van der Waals surface area contributed by atoms with E-state index < -0.39 is 0 Å². The molecule has 3 heterocycles. The zero-order valence-electron chi connectivity index (χ0n) is 14.2. The summed E-state index contributed by atoms with van der Waals surface area (Å²) >= 11 is 0. The number of aromatic nitrogens is 3. The quantitative estimate of drug-likeness (QED) is 0.510. The minimum absolute atomic E-state index is 0.115. The Morgan fingerprint density at radius 1 is 1.15 bits per heavy atom. The van der Waals surface area contributed by atoms with Crippen molar-refractivity contribution in [1.82, 2.24) is 15.0 Å². The Morgan fingerprint density at radius 2 is 2.08 bits per heavy atom. The average Bonchev–Trinajstić information content (AvgIpc) is 3.15. The summed E-state index contributed by atoms with van der Waals surface area (Å²) in [6.07, 6.45) is 3.63. The Balaban J connectivity index is 1.73. The van der Waals surface area contributed by atoms with Crippen molar-refractivity contribution in [1.29, 1.82) is 0 Å². The summed E-state index contributed by atoms with van der Waals surface area (Å²) in [6, 6.07) is 15.1. The van der Waals surface area contributed by atoms with E-state index in [1.165, 1.54) is 7.11 Å². The van der Waals surface area contributed by atoms with Crippen molar-refractivity contribution in [2.24, 2.45) is 0 Å². The van der Waals surface area contributed by atoms with E-state index in [4.69, 9.17) is 4.74 Å². The van der Waals surface area contributed by atoms with Gasteiger partial charge in [-0.15, -0.1) is 0 Å². The van der Waals surface area contributed by atoms with E-state index in [1.807, 2.05) is 48.7 Å². The molecule has 3 aromatic heterocycles. The molecule has 1 aromatic carbocycles. The number of hydrogen-bond donors (Lipinski definition) is 3. The van der Waals surface area contributed by atoms with Gasteiger partial charge in [0.15, 0.2) is 11.5 Å². The monoisotopic (exact) mass is 346 g/mol. The topological polar surface area (TPSA) is 83.1 Å². The first-order valence-corrected chi connectivity index (χ1v) is 8.24. The number of rotatable bonds is 5. The summed E-state index contributed by atoms with van der Waals surface area (Å²) in [5.74, 6) is 1.29. The molecule has 0 unspecified atom stereocenters. The van der Waals surface area contributed by atoms with Gasteiger partial charge in [0.25, 0.3) is 0 Å². The van der Waals surface area contributed by atoms with Crippen molar-refractivity contribution < 1.29 is 9.84 Å². The third kappa shape index (κ3) is 3.04. The minimum Gasteiger partial charge on any atom is -0.504 e. The highest BCUT2D eigenvalue weighted by atomic mass is 16.5. The van der Waals surface area contributed by atoms with Crippen LogP contribution in [0.1, 0.15) is 5.69 Å². The van der Waals surface area contributed by atoms with Crippen molar-refractivity contribution >= 4 is 16.9 Å². The van der Waals surface area contributed by atoms with E-state index in [1.54, 1.807) is 12.3 Å². The number of aromatic amines is 1. The SMILES string of the molecule is COc1cc(-c2cc(NCc3ccccn3)nc3[nH]ccc23)ccc1O. The van der Waals surface area contributed by atoms with Crippen molar-refractivity contribution in [3.63, 3.8) is 0 Å². The standard InChI is InChI=1S/C20H18N4O2/c1-26-18-10-13(5-6-17(18)25)16-11-19(24-20-15(16)7-9-22-20)23-12-14-4-2-3-8-21-14/h2-11,25H,12H2,1H3,(H2,22,23,24). The fourth-order valence-corrected chi connectivity index (χ4v) is 2.90. The Bertz CT molecular complexity index is 1040. The van der Waals surface area contributed by atoms with Crippen LogP contribution in [0.5, 0.6) is 11.5 Å². The minimum atomic E-state index is 0.115. The fraction of sp³-hybridized carbons (Fsp3) is 0.100. The predicted molar refractivity (Wildman–Crippen MR) is 101 cm³/mol. The lowest BCUT2D eigenvalue weighted by Gasteiger charge is -2.11. The van der Waals surface area contributed by atoms with Gasteiger partial charge in [-0.2, -0.15) is 0 Å². The highest BCUT2D eigenvalue weighted by Gasteiger charge is 2.11. The summed E-state index contributed by atoms with van der Waals surface area (Å²) in [7, 11) is 1.54. The molecule has 6 heteroatoms. The Morgan fingerprint density at radius 3 is 2.88 bits per heavy atom. The van der Waals surface area contributed by atoms with Crippen molar-refractivity contribution in [2.75, 3.05) is 12.4 Å². The first kappa shape index (κ1) is 16.0. The van der Waals surface area contributed by atoms with Crippen LogP contribution in [0.3, 0.4) is 0 Å². The molecule has 0 atom stereocenters. The van der Waals surface area contributed by atoms with E-state index in [-0.39, 0.29) is 5.75 Å². The van der Waals surface area contributed by atoms with Crippen LogP contribution < -0.4 is 10.1 Å². The van der Waals surface area contributed by atoms with Crippen molar-refractivity contribution in [2.45, 2.75) is 6.54 Å². The summed E-state index contributed by atoms with van der Waals surface area (Å²) in [6.45, 7) is 0.582. The molecule has 4 rings (SSSR count). The Labute approximate surface area is 150 Å². The van der Waals surface area contributed by atoms with Gasteiger partial charge in [0.1, 0.15) is 11.5 Å². The van der Waals surface area contributed by atoms with Crippen molar-refractivity contribution in [3.8, 4) is 22.6 Å². The molecule has 0 bridgehead atoms. The van der Waals surface area contributed by atoms with Crippen LogP contribution in [0.15, 0.2) is 60.9 Å². The number of ether oxygens (including phenoxy) is 1. The van der Waals surface area contributed by atoms with Crippen LogP contribution >= 0.6 is 0 Å². The molecule has 26 heavy (non-hydrogen) atoms. The van der Waals surface area contributed by atoms with Crippen LogP contribution in [0.2, 0.25) is 0 Å². The maximum atomic E-state index is 9.86. The van der Waals surface area contributed by atoms with E-state index >= 15 is 0 Å². The van der Waals surface area contributed by atoms with Crippen molar-refractivity contribution in [3.05, 3.63) is 66.6 Å². The van der Waals surface area contributed by atoms with Gasteiger partial charge in [-0.25, -0.2) is 4.98 Å². The van der Waals surface area contributed by atoms with Gasteiger partial charge in [0.2, 0.25) is 0 Å². The molecule has 0 aliphatic rings.